The molecule has 2 aromatic carbocycles. The Balaban J connectivity index is 2.05. The van der Waals surface area contributed by atoms with E-state index in [1.165, 1.54) is 0 Å². The van der Waals surface area contributed by atoms with Crippen LogP contribution in [0.4, 0.5) is 5.69 Å². The number of halogens is 1. The Morgan fingerprint density at radius 2 is 1.81 bits per heavy atom. The molecule has 0 radical (unpaired) electrons. The molecule has 0 aliphatic rings. The highest BCUT2D eigenvalue weighted by atomic mass is 79.9. The number of hydrogen-bond acceptors (Lipinski definition) is 2. The predicted octanol–water partition coefficient (Wildman–Crippen LogP) is 4.20. The average Bonchev–Trinajstić information content (AvgIpc) is 2.52. The average molecular weight is 347 g/mol. The minimum absolute atomic E-state index is 0.0649. The van der Waals surface area contributed by atoms with Crippen molar-refractivity contribution in [1.29, 1.82) is 0 Å². The fourth-order valence-electron chi connectivity index (χ4n) is 2.01. The Hall–Kier alpha value is -1.81. The van der Waals surface area contributed by atoms with Gasteiger partial charge in [-0.1, -0.05) is 53.2 Å². The van der Waals surface area contributed by atoms with E-state index in [0.29, 0.717) is 12.1 Å². The smallest absolute Gasteiger partial charge is 0.253 e. The van der Waals surface area contributed by atoms with Gasteiger partial charge in [0.15, 0.2) is 0 Å². The minimum atomic E-state index is -0.0649. The van der Waals surface area contributed by atoms with Crippen molar-refractivity contribution in [2.45, 2.75) is 19.9 Å². The summed E-state index contributed by atoms with van der Waals surface area (Å²) < 4.78 is 1.00. The van der Waals surface area contributed by atoms with Crippen LogP contribution in [0.3, 0.4) is 0 Å². The lowest BCUT2D eigenvalue weighted by molar-refractivity contribution is 0.0951. The zero-order valence-electron chi connectivity index (χ0n) is 12.0. The molecular weight excluding hydrogens is 328 g/mol. The normalized spacial score (nSPS) is 10.2. The molecule has 110 valence electrons. The Morgan fingerprint density at radius 1 is 1.10 bits per heavy atom. The second-order valence-electron chi connectivity index (χ2n) is 4.75. The molecule has 0 heterocycles. The van der Waals surface area contributed by atoms with Crippen molar-refractivity contribution >= 4 is 27.5 Å². The van der Waals surface area contributed by atoms with Crippen molar-refractivity contribution in [2.75, 3.05) is 11.9 Å². The van der Waals surface area contributed by atoms with E-state index in [2.05, 4.69) is 33.5 Å². The Labute approximate surface area is 133 Å². The van der Waals surface area contributed by atoms with Gasteiger partial charge in [-0.2, -0.15) is 0 Å². The van der Waals surface area contributed by atoms with Crippen LogP contribution in [0.5, 0.6) is 0 Å². The number of rotatable bonds is 6. The largest absolute Gasteiger partial charge is 0.384 e. The van der Waals surface area contributed by atoms with Gasteiger partial charge in [-0.25, -0.2) is 0 Å². The van der Waals surface area contributed by atoms with Crippen LogP contribution in [-0.2, 0) is 6.54 Å². The van der Waals surface area contributed by atoms with Crippen LogP contribution >= 0.6 is 15.9 Å². The van der Waals surface area contributed by atoms with Gasteiger partial charge in [0, 0.05) is 23.2 Å². The van der Waals surface area contributed by atoms with Crippen molar-refractivity contribution < 1.29 is 4.79 Å². The summed E-state index contributed by atoms with van der Waals surface area (Å²) in [5, 5.41) is 6.25. The second-order valence-corrected chi connectivity index (χ2v) is 5.60. The van der Waals surface area contributed by atoms with E-state index < -0.39 is 0 Å². The molecule has 0 unspecified atom stereocenters. The molecule has 4 heteroatoms. The quantitative estimate of drug-likeness (QED) is 0.822. The van der Waals surface area contributed by atoms with Crippen molar-refractivity contribution in [2.24, 2.45) is 0 Å². The molecular formula is C17H19BrN2O. The lowest BCUT2D eigenvalue weighted by Gasteiger charge is -2.12. The number of amides is 1. The number of carbonyl (C=O) groups is 1. The number of para-hydroxylation sites is 1. The van der Waals surface area contributed by atoms with Gasteiger partial charge in [0.25, 0.3) is 5.91 Å². The maximum Gasteiger partial charge on any atom is 0.253 e. The Morgan fingerprint density at radius 3 is 2.57 bits per heavy atom. The van der Waals surface area contributed by atoms with Crippen molar-refractivity contribution in [3.8, 4) is 0 Å². The van der Waals surface area contributed by atoms with Crippen LogP contribution in [0.1, 0.15) is 29.3 Å². The highest BCUT2D eigenvalue weighted by molar-refractivity contribution is 9.10. The van der Waals surface area contributed by atoms with Gasteiger partial charge in [0.05, 0.1) is 5.56 Å². The first-order valence-corrected chi connectivity index (χ1v) is 7.86. The SMILES string of the molecule is CCCNc1ccccc1C(=O)NCc1ccccc1Br. The molecule has 0 saturated carbocycles. The summed E-state index contributed by atoms with van der Waals surface area (Å²) in [5.74, 6) is -0.0649. The number of hydrogen-bond donors (Lipinski definition) is 2. The van der Waals surface area contributed by atoms with E-state index in [1.54, 1.807) is 0 Å². The molecule has 2 N–H and O–H groups in total. The van der Waals surface area contributed by atoms with Crippen LogP contribution in [-0.4, -0.2) is 12.5 Å². The van der Waals surface area contributed by atoms with Crippen molar-refractivity contribution in [3.05, 3.63) is 64.1 Å². The summed E-state index contributed by atoms with van der Waals surface area (Å²) in [6.07, 6.45) is 1.02. The molecule has 0 spiro atoms. The van der Waals surface area contributed by atoms with Crippen LogP contribution in [0.15, 0.2) is 53.0 Å². The third-order valence-corrected chi connectivity index (χ3v) is 3.91. The van der Waals surface area contributed by atoms with Gasteiger partial charge >= 0.3 is 0 Å². The highest BCUT2D eigenvalue weighted by Crippen LogP contribution is 2.17. The van der Waals surface area contributed by atoms with Crippen LogP contribution in [0.2, 0.25) is 0 Å². The van der Waals surface area contributed by atoms with E-state index in [4.69, 9.17) is 0 Å². The van der Waals surface area contributed by atoms with E-state index in [0.717, 1.165) is 28.7 Å². The number of benzene rings is 2. The molecule has 2 aromatic rings. The fraction of sp³-hybridized carbons (Fsp3) is 0.235. The maximum atomic E-state index is 12.3. The summed E-state index contributed by atoms with van der Waals surface area (Å²) in [7, 11) is 0. The Bertz CT molecular complexity index is 613. The number of anilines is 1. The number of carbonyl (C=O) groups excluding carboxylic acids is 1. The summed E-state index contributed by atoms with van der Waals surface area (Å²) in [4.78, 5) is 12.3. The first kappa shape index (κ1) is 15.6. The van der Waals surface area contributed by atoms with Gasteiger partial charge in [0.1, 0.15) is 0 Å². The van der Waals surface area contributed by atoms with E-state index in [-0.39, 0.29) is 5.91 Å². The van der Waals surface area contributed by atoms with Crippen LogP contribution in [0, 0.1) is 0 Å². The Kier molecular flexibility index (Phi) is 5.81. The lowest BCUT2D eigenvalue weighted by Crippen LogP contribution is -2.24. The molecule has 0 aromatic heterocycles. The van der Waals surface area contributed by atoms with E-state index in [1.807, 2.05) is 48.5 Å². The second kappa shape index (κ2) is 7.84. The zero-order chi connectivity index (χ0) is 15.1. The maximum absolute atomic E-state index is 12.3. The van der Waals surface area contributed by atoms with Crippen molar-refractivity contribution in [1.82, 2.24) is 5.32 Å². The van der Waals surface area contributed by atoms with Crippen LogP contribution < -0.4 is 10.6 Å². The summed E-state index contributed by atoms with van der Waals surface area (Å²) >= 11 is 3.49. The van der Waals surface area contributed by atoms with Gasteiger partial charge in [-0.3, -0.25) is 4.79 Å². The molecule has 2 rings (SSSR count). The van der Waals surface area contributed by atoms with Crippen LogP contribution in [0.25, 0.3) is 0 Å². The minimum Gasteiger partial charge on any atom is -0.384 e. The van der Waals surface area contributed by atoms with Gasteiger partial charge < -0.3 is 10.6 Å². The summed E-state index contributed by atoms with van der Waals surface area (Å²) in [5.41, 5.74) is 2.62. The third-order valence-electron chi connectivity index (χ3n) is 3.13. The molecule has 21 heavy (non-hydrogen) atoms. The van der Waals surface area contributed by atoms with E-state index in [9.17, 15) is 4.79 Å². The standard InChI is InChI=1S/C17H19BrN2O/c1-2-11-19-16-10-6-4-8-14(16)17(21)20-12-13-7-3-5-9-15(13)18/h3-10,19H,2,11-12H2,1H3,(H,20,21). The predicted molar refractivity (Wildman–Crippen MR) is 90.5 cm³/mol. The number of nitrogens with one attached hydrogen (secondary N) is 2. The molecule has 3 nitrogen and oxygen atoms in total. The monoisotopic (exact) mass is 346 g/mol. The van der Waals surface area contributed by atoms with Crippen molar-refractivity contribution in [3.63, 3.8) is 0 Å². The summed E-state index contributed by atoms with van der Waals surface area (Å²) in [6, 6.07) is 15.5. The topological polar surface area (TPSA) is 41.1 Å². The summed E-state index contributed by atoms with van der Waals surface area (Å²) in [6.45, 7) is 3.46. The molecule has 0 aliphatic heterocycles. The first-order chi connectivity index (χ1) is 10.2. The van der Waals surface area contributed by atoms with E-state index >= 15 is 0 Å². The van der Waals surface area contributed by atoms with Gasteiger partial charge in [0.2, 0.25) is 0 Å². The lowest BCUT2D eigenvalue weighted by atomic mass is 10.1. The van der Waals surface area contributed by atoms with Gasteiger partial charge in [-0.15, -0.1) is 0 Å². The molecule has 0 bridgehead atoms. The highest BCUT2D eigenvalue weighted by Gasteiger charge is 2.10. The molecule has 0 atom stereocenters. The molecule has 0 aliphatic carbocycles. The molecule has 1 amide bonds. The third kappa shape index (κ3) is 4.33. The molecule has 0 fully saturated rings. The fourth-order valence-corrected chi connectivity index (χ4v) is 2.43. The van der Waals surface area contributed by atoms with Gasteiger partial charge in [-0.05, 0) is 30.2 Å². The zero-order valence-corrected chi connectivity index (χ0v) is 13.6. The first-order valence-electron chi connectivity index (χ1n) is 7.07. The molecule has 0 saturated heterocycles.